The van der Waals surface area contributed by atoms with Crippen molar-refractivity contribution in [2.24, 2.45) is 11.3 Å². The Morgan fingerprint density at radius 3 is 2.51 bits per heavy atom. The topological polar surface area (TPSA) is 85.2 Å². The van der Waals surface area contributed by atoms with E-state index in [0.29, 0.717) is 6.42 Å². The smallest absolute Gasteiger partial charge is 0.318 e. The van der Waals surface area contributed by atoms with Gasteiger partial charge in [-0.05, 0) is 30.0 Å². The molecule has 1 saturated heterocycles. The Kier molecular flexibility index (Phi) is 8.71. The Morgan fingerprint density at radius 1 is 1.22 bits per heavy atom. The highest BCUT2D eigenvalue weighted by molar-refractivity contribution is 6.31. The van der Waals surface area contributed by atoms with Gasteiger partial charge in [0.1, 0.15) is 17.0 Å². The Labute approximate surface area is 225 Å². The lowest BCUT2D eigenvalue weighted by molar-refractivity contribution is -0.120. The van der Waals surface area contributed by atoms with Crippen LogP contribution >= 0.6 is 23.2 Å². The Hall–Kier alpha value is -2.89. The Morgan fingerprint density at radius 2 is 1.92 bits per heavy atom. The second kappa shape index (κ2) is 11.2. The van der Waals surface area contributed by atoms with Crippen LogP contribution in [-0.2, 0) is 10.2 Å². The predicted molar refractivity (Wildman–Crippen MR) is 139 cm³/mol. The maximum Gasteiger partial charge on any atom is 0.318 e. The minimum absolute atomic E-state index is 0.00117. The van der Waals surface area contributed by atoms with Gasteiger partial charge >= 0.3 is 6.03 Å². The van der Waals surface area contributed by atoms with Crippen molar-refractivity contribution in [3.05, 3.63) is 69.2 Å². The van der Waals surface area contributed by atoms with Crippen LogP contribution in [0, 0.1) is 34.3 Å². The molecule has 1 aliphatic rings. The van der Waals surface area contributed by atoms with Crippen LogP contribution in [-0.4, -0.2) is 37.0 Å². The minimum Gasteiger partial charge on any atom is -0.359 e. The molecule has 3 amide bonds. The van der Waals surface area contributed by atoms with Gasteiger partial charge < -0.3 is 15.5 Å². The molecule has 2 aromatic rings. The van der Waals surface area contributed by atoms with Crippen LogP contribution in [0.25, 0.3) is 0 Å². The summed E-state index contributed by atoms with van der Waals surface area (Å²) in [5, 5.41) is 15.9. The summed E-state index contributed by atoms with van der Waals surface area (Å²) in [4.78, 5) is 26.5. The number of nitriles is 1. The highest BCUT2D eigenvalue weighted by Crippen LogP contribution is 2.56. The number of benzene rings is 2. The van der Waals surface area contributed by atoms with Crippen LogP contribution in [0.3, 0.4) is 0 Å². The highest BCUT2D eigenvalue weighted by Gasteiger charge is 2.60. The summed E-state index contributed by atoms with van der Waals surface area (Å²) in [6, 6.07) is 8.87. The average Bonchev–Trinajstić information content (AvgIpc) is 3.13. The number of nitrogens with one attached hydrogen (secondary N) is 2. The van der Waals surface area contributed by atoms with Gasteiger partial charge in [0.15, 0.2) is 0 Å². The lowest BCUT2D eigenvalue weighted by Crippen LogP contribution is -2.44. The van der Waals surface area contributed by atoms with Crippen LogP contribution in [0.2, 0.25) is 10.0 Å². The highest BCUT2D eigenvalue weighted by atomic mass is 35.5. The average molecular weight is 551 g/mol. The molecule has 1 aliphatic heterocycles. The molecule has 37 heavy (non-hydrogen) atoms. The van der Waals surface area contributed by atoms with Gasteiger partial charge in [0.25, 0.3) is 0 Å². The predicted octanol–water partition coefficient (Wildman–Crippen LogP) is 5.99. The fourth-order valence-electron chi connectivity index (χ4n) is 5.18. The third-order valence-electron chi connectivity index (χ3n) is 6.67. The van der Waals surface area contributed by atoms with E-state index in [1.54, 1.807) is 0 Å². The number of carbonyl (C=O) groups excluding carboxylic acids is 2. The van der Waals surface area contributed by atoms with Crippen molar-refractivity contribution in [2.75, 3.05) is 20.1 Å². The molecule has 198 valence electrons. The summed E-state index contributed by atoms with van der Waals surface area (Å²) in [6.45, 7) is 6.02. The molecule has 6 nitrogen and oxygen atoms in total. The SMILES string of the molecule is CNC(=O)CCNC(=O)N1C[C@@H](CC(C)(C)C)[C@](C#N)(c2ccc(Cl)cc2F)[C@H]1c1cccc(Cl)c1F. The van der Waals surface area contributed by atoms with E-state index < -0.39 is 35.0 Å². The van der Waals surface area contributed by atoms with E-state index in [0.717, 1.165) is 6.07 Å². The summed E-state index contributed by atoms with van der Waals surface area (Å²) in [5.74, 6) is -2.34. The van der Waals surface area contributed by atoms with Gasteiger partial charge in [0, 0.05) is 48.6 Å². The number of hydrogen-bond acceptors (Lipinski definition) is 3. The first kappa shape index (κ1) is 28.7. The fraction of sp³-hybridized carbons (Fsp3) is 0.444. The maximum absolute atomic E-state index is 15.6. The zero-order valence-corrected chi connectivity index (χ0v) is 22.7. The molecule has 0 saturated carbocycles. The molecule has 1 fully saturated rings. The molecule has 1 heterocycles. The lowest BCUT2D eigenvalue weighted by Gasteiger charge is -2.38. The van der Waals surface area contributed by atoms with E-state index in [1.165, 1.54) is 42.3 Å². The van der Waals surface area contributed by atoms with Gasteiger partial charge in [-0.25, -0.2) is 13.6 Å². The van der Waals surface area contributed by atoms with E-state index >= 15 is 8.78 Å². The largest absolute Gasteiger partial charge is 0.359 e. The normalized spacial score (nSPS) is 21.4. The number of amides is 3. The molecule has 0 spiro atoms. The van der Waals surface area contributed by atoms with Gasteiger partial charge in [-0.15, -0.1) is 0 Å². The molecular weight excluding hydrogens is 521 g/mol. The first-order valence-corrected chi connectivity index (χ1v) is 12.7. The van der Waals surface area contributed by atoms with E-state index in [1.807, 2.05) is 20.8 Å². The molecule has 2 aromatic carbocycles. The zero-order valence-electron chi connectivity index (χ0n) is 21.2. The van der Waals surface area contributed by atoms with Crippen LogP contribution in [0.15, 0.2) is 36.4 Å². The molecule has 0 unspecified atom stereocenters. The molecule has 0 aliphatic carbocycles. The monoisotopic (exact) mass is 550 g/mol. The standard InChI is InChI=1S/C27H30Cl2F2N4O2/c1-26(2,3)13-16-14-35(25(37)34-11-10-22(36)33-4)24(18-6-5-7-20(29)23(18)31)27(16,15-32)19-9-8-17(28)12-21(19)30/h5-9,12,16,24H,10-11,13-14H2,1-4H3,(H,33,36)(H,34,37)/t16-,24-,27-/m1/s1. The molecule has 3 atom stereocenters. The maximum atomic E-state index is 15.6. The van der Waals surface area contributed by atoms with E-state index in [-0.39, 0.29) is 52.0 Å². The number of carbonyl (C=O) groups is 2. The molecule has 0 aromatic heterocycles. The summed E-state index contributed by atoms with van der Waals surface area (Å²) < 4.78 is 31.1. The minimum atomic E-state index is -1.66. The van der Waals surface area contributed by atoms with Crippen molar-refractivity contribution in [3.63, 3.8) is 0 Å². The first-order valence-electron chi connectivity index (χ1n) is 11.9. The van der Waals surface area contributed by atoms with E-state index in [9.17, 15) is 14.9 Å². The number of likely N-dealkylation sites (tertiary alicyclic amines) is 1. The Bertz CT molecular complexity index is 1230. The van der Waals surface area contributed by atoms with Crippen LogP contribution < -0.4 is 10.6 Å². The van der Waals surface area contributed by atoms with Gasteiger partial charge in [-0.2, -0.15) is 5.26 Å². The molecule has 2 N–H and O–H groups in total. The molecular formula is C27H30Cl2F2N4O2. The van der Waals surface area contributed by atoms with Crippen molar-refractivity contribution >= 4 is 35.1 Å². The molecule has 3 rings (SSSR count). The number of rotatable bonds is 6. The second-order valence-electron chi connectivity index (χ2n) is 10.4. The summed E-state index contributed by atoms with van der Waals surface area (Å²) in [6.07, 6.45) is 0.468. The second-order valence-corrected chi connectivity index (χ2v) is 11.3. The van der Waals surface area contributed by atoms with Crippen LogP contribution in [0.5, 0.6) is 0 Å². The summed E-state index contributed by atoms with van der Waals surface area (Å²) in [5.41, 5.74) is -1.94. The molecule has 0 radical (unpaired) electrons. The van der Waals surface area contributed by atoms with Gasteiger partial charge in [-0.1, -0.05) is 62.2 Å². The number of halogens is 4. The van der Waals surface area contributed by atoms with Crippen LogP contribution in [0.4, 0.5) is 13.6 Å². The first-order chi connectivity index (χ1) is 17.4. The van der Waals surface area contributed by atoms with Crippen LogP contribution in [0.1, 0.15) is 50.8 Å². The molecule has 10 heteroatoms. The zero-order chi connectivity index (χ0) is 27.5. The van der Waals surface area contributed by atoms with E-state index in [2.05, 4.69) is 16.7 Å². The summed E-state index contributed by atoms with van der Waals surface area (Å²) in [7, 11) is 1.49. The quantitative estimate of drug-likeness (QED) is 0.463. The Balaban J connectivity index is 2.25. The fourth-order valence-corrected chi connectivity index (χ4v) is 5.52. The lowest BCUT2D eigenvalue weighted by atomic mass is 9.63. The van der Waals surface area contributed by atoms with Crippen molar-refractivity contribution in [3.8, 4) is 6.07 Å². The number of nitrogens with zero attached hydrogens (tertiary/aromatic N) is 2. The van der Waals surface area contributed by atoms with Crippen molar-refractivity contribution in [2.45, 2.75) is 45.1 Å². The van der Waals surface area contributed by atoms with Crippen molar-refractivity contribution in [1.82, 2.24) is 15.5 Å². The van der Waals surface area contributed by atoms with Gasteiger partial charge in [-0.3, -0.25) is 4.79 Å². The third kappa shape index (κ3) is 5.83. The van der Waals surface area contributed by atoms with Gasteiger partial charge in [0.05, 0.1) is 17.1 Å². The third-order valence-corrected chi connectivity index (χ3v) is 7.20. The number of urea groups is 1. The summed E-state index contributed by atoms with van der Waals surface area (Å²) >= 11 is 12.1. The van der Waals surface area contributed by atoms with Gasteiger partial charge in [0.2, 0.25) is 5.91 Å². The molecule has 0 bridgehead atoms. The number of hydrogen-bond donors (Lipinski definition) is 2. The van der Waals surface area contributed by atoms with Crippen molar-refractivity contribution < 1.29 is 18.4 Å². The van der Waals surface area contributed by atoms with Crippen molar-refractivity contribution in [1.29, 1.82) is 5.26 Å². The van der Waals surface area contributed by atoms with E-state index in [4.69, 9.17) is 23.2 Å².